The van der Waals surface area contributed by atoms with Crippen LogP contribution in [0.15, 0.2) is 22.7 Å². The Morgan fingerprint density at radius 3 is 2.53 bits per heavy atom. The second-order valence-corrected chi connectivity index (χ2v) is 5.26. The molecule has 0 saturated heterocycles. The molecule has 1 aromatic carbocycles. The fraction of sp³-hybridized carbons (Fsp3) is 0.462. The summed E-state index contributed by atoms with van der Waals surface area (Å²) >= 11 is 3.14. The van der Waals surface area contributed by atoms with E-state index >= 15 is 0 Å². The Labute approximate surface area is 120 Å². The largest absolute Gasteiger partial charge is 0.394 e. The summed E-state index contributed by atoms with van der Waals surface area (Å²) in [6, 6.07) is 3.85. The molecule has 0 aliphatic heterocycles. The molecular weight excluding hydrogens is 315 g/mol. The van der Waals surface area contributed by atoms with Gasteiger partial charge in [0.1, 0.15) is 5.82 Å². The molecule has 3 N–H and O–H groups in total. The van der Waals surface area contributed by atoms with Crippen LogP contribution < -0.4 is 10.6 Å². The summed E-state index contributed by atoms with van der Waals surface area (Å²) in [5.41, 5.74) is -0.574. The summed E-state index contributed by atoms with van der Waals surface area (Å²) in [4.78, 5) is 11.8. The fourth-order valence-corrected chi connectivity index (χ4v) is 2.01. The number of hydrogen-bond donors (Lipinski definition) is 3. The zero-order valence-corrected chi connectivity index (χ0v) is 12.6. The first kappa shape index (κ1) is 15.9. The monoisotopic (exact) mass is 332 g/mol. The first-order valence-electron chi connectivity index (χ1n) is 6.11. The number of aliphatic hydroxyl groups is 1. The summed E-state index contributed by atoms with van der Waals surface area (Å²) in [5.74, 6) is -0.521. The molecule has 1 aromatic rings. The molecule has 1 rings (SSSR count). The van der Waals surface area contributed by atoms with Gasteiger partial charge in [-0.2, -0.15) is 0 Å². The summed E-state index contributed by atoms with van der Waals surface area (Å²) in [5, 5.41) is 14.5. The van der Waals surface area contributed by atoms with Crippen molar-refractivity contribution >= 4 is 27.6 Å². The Balaban J connectivity index is 2.74. The molecule has 6 heteroatoms. The fourth-order valence-electron chi connectivity index (χ4n) is 1.68. The molecular formula is C13H18BrFN2O2. The Morgan fingerprint density at radius 2 is 2.05 bits per heavy atom. The van der Waals surface area contributed by atoms with Crippen LogP contribution in [0.4, 0.5) is 14.9 Å². The lowest BCUT2D eigenvalue weighted by Crippen LogP contribution is -2.52. The molecule has 0 radical (unpaired) electrons. The van der Waals surface area contributed by atoms with Crippen LogP contribution >= 0.6 is 15.9 Å². The van der Waals surface area contributed by atoms with Crippen molar-refractivity contribution in [3.8, 4) is 0 Å². The van der Waals surface area contributed by atoms with E-state index in [4.69, 9.17) is 0 Å². The van der Waals surface area contributed by atoms with Crippen LogP contribution in [0.1, 0.15) is 26.7 Å². The van der Waals surface area contributed by atoms with Gasteiger partial charge in [0.2, 0.25) is 0 Å². The van der Waals surface area contributed by atoms with E-state index in [0.29, 0.717) is 17.3 Å². The Bertz CT molecular complexity index is 442. The number of nitrogens with one attached hydrogen (secondary N) is 2. The van der Waals surface area contributed by atoms with Gasteiger partial charge in [-0.15, -0.1) is 0 Å². The van der Waals surface area contributed by atoms with Gasteiger partial charge >= 0.3 is 6.03 Å². The number of carbonyl (C=O) groups excluding carboxylic acids is 1. The van der Waals surface area contributed by atoms with Crippen LogP contribution in [0.5, 0.6) is 0 Å². The smallest absolute Gasteiger partial charge is 0.319 e. The summed E-state index contributed by atoms with van der Waals surface area (Å²) < 4.78 is 14.2. The SMILES string of the molecule is CCC(CC)(CO)NC(=O)Nc1ccc(Br)cc1F. The third-order valence-corrected chi connectivity index (χ3v) is 3.71. The van der Waals surface area contributed by atoms with Crippen molar-refractivity contribution in [3.05, 3.63) is 28.5 Å². The summed E-state index contributed by atoms with van der Waals surface area (Å²) in [7, 11) is 0. The number of aliphatic hydroxyl groups excluding tert-OH is 1. The van der Waals surface area contributed by atoms with E-state index in [0.717, 1.165) is 0 Å². The lowest BCUT2D eigenvalue weighted by Gasteiger charge is -2.30. The Morgan fingerprint density at radius 1 is 1.42 bits per heavy atom. The van der Waals surface area contributed by atoms with E-state index in [1.165, 1.54) is 12.1 Å². The van der Waals surface area contributed by atoms with Crippen molar-refractivity contribution in [2.24, 2.45) is 0 Å². The van der Waals surface area contributed by atoms with E-state index in [9.17, 15) is 14.3 Å². The maximum absolute atomic E-state index is 13.6. The van der Waals surface area contributed by atoms with Gasteiger partial charge in [-0.3, -0.25) is 0 Å². The molecule has 0 bridgehead atoms. The van der Waals surface area contributed by atoms with Crippen molar-refractivity contribution in [1.82, 2.24) is 5.32 Å². The molecule has 0 atom stereocenters. The van der Waals surface area contributed by atoms with Crippen LogP contribution in [0.3, 0.4) is 0 Å². The van der Waals surface area contributed by atoms with Gasteiger partial charge in [-0.25, -0.2) is 9.18 Å². The van der Waals surface area contributed by atoms with Gasteiger partial charge in [0.05, 0.1) is 17.8 Å². The van der Waals surface area contributed by atoms with Crippen molar-refractivity contribution < 1.29 is 14.3 Å². The average Bonchev–Trinajstić information content (AvgIpc) is 2.39. The van der Waals surface area contributed by atoms with Gasteiger partial charge < -0.3 is 15.7 Å². The average molecular weight is 333 g/mol. The molecule has 0 unspecified atom stereocenters. The number of urea groups is 1. The predicted octanol–water partition coefficient (Wildman–Crippen LogP) is 3.26. The molecule has 0 aliphatic carbocycles. The maximum atomic E-state index is 13.6. The number of benzene rings is 1. The Hall–Kier alpha value is -1.14. The van der Waals surface area contributed by atoms with Crippen LogP contribution in [0.25, 0.3) is 0 Å². The van der Waals surface area contributed by atoms with E-state index in [1.807, 2.05) is 13.8 Å². The summed E-state index contributed by atoms with van der Waals surface area (Å²) in [6.07, 6.45) is 1.19. The minimum absolute atomic E-state index is 0.0970. The lowest BCUT2D eigenvalue weighted by atomic mass is 9.94. The van der Waals surface area contributed by atoms with Gasteiger partial charge in [0, 0.05) is 4.47 Å². The number of carbonyl (C=O) groups is 1. The third-order valence-electron chi connectivity index (χ3n) is 3.21. The van der Waals surface area contributed by atoms with Gasteiger partial charge in [0.25, 0.3) is 0 Å². The molecule has 106 valence electrons. The van der Waals surface area contributed by atoms with E-state index in [-0.39, 0.29) is 12.3 Å². The van der Waals surface area contributed by atoms with Gasteiger partial charge in [0.15, 0.2) is 0 Å². The molecule has 2 amide bonds. The normalized spacial score (nSPS) is 11.2. The molecule has 0 aliphatic rings. The van der Waals surface area contributed by atoms with Crippen LogP contribution in [-0.2, 0) is 0 Å². The minimum Gasteiger partial charge on any atom is -0.394 e. The lowest BCUT2D eigenvalue weighted by molar-refractivity contribution is 0.155. The van der Waals surface area contributed by atoms with Crippen LogP contribution in [0, 0.1) is 5.82 Å². The first-order valence-corrected chi connectivity index (χ1v) is 6.90. The van der Waals surface area contributed by atoms with Crippen molar-refractivity contribution in [2.45, 2.75) is 32.2 Å². The zero-order chi connectivity index (χ0) is 14.5. The molecule has 0 aromatic heterocycles. The second kappa shape index (κ2) is 6.86. The molecule has 0 fully saturated rings. The maximum Gasteiger partial charge on any atom is 0.319 e. The van der Waals surface area contributed by atoms with Gasteiger partial charge in [-0.1, -0.05) is 29.8 Å². The highest BCUT2D eigenvalue weighted by Crippen LogP contribution is 2.20. The number of rotatable bonds is 5. The quantitative estimate of drug-likeness (QED) is 0.775. The van der Waals surface area contributed by atoms with E-state index in [1.54, 1.807) is 6.07 Å². The Kier molecular flexibility index (Phi) is 5.75. The number of anilines is 1. The molecule has 19 heavy (non-hydrogen) atoms. The molecule has 0 heterocycles. The third kappa shape index (κ3) is 4.18. The van der Waals surface area contributed by atoms with E-state index in [2.05, 4.69) is 26.6 Å². The van der Waals surface area contributed by atoms with Crippen LogP contribution in [0.2, 0.25) is 0 Å². The van der Waals surface area contributed by atoms with E-state index < -0.39 is 17.4 Å². The second-order valence-electron chi connectivity index (χ2n) is 4.35. The predicted molar refractivity (Wildman–Crippen MR) is 76.7 cm³/mol. The standard InChI is InChI=1S/C13H18BrFN2O2/c1-3-13(4-2,8-18)17-12(19)16-11-6-5-9(14)7-10(11)15/h5-7,18H,3-4,8H2,1-2H3,(H2,16,17,19). The molecule has 0 saturated carbocycles. The zero-order valence-electron chi connectivity index (χ0n) is 11.0. The highest BCUT2D eigenvalue weighted by atomic mass is 79.9. The highest BCUT2D eigenvalue weighted by Gasteiger charge is 2.27. The topological polar surface area (TPSA) is 61.4 Å². The van der Waals surface area contributed by atoms with Crippen molar-refractivity contribution in [2.75, 3.05) is 11.9 Å². The number of amides is 2. The van der Waals surface area contributed by atoms with Gasteiger partial charge in [-0.05, 0) is 31.0 Å². The van der Waals surface area contributed by atoms with Crippen molar-refractivity contribution in [3.63, 3.8) is 0 Å². The highest BCUT2D eigenvalue weighted by molar-refractivity contribution is 9.10. The molecule has 0 spiro atoms. The number of hydrogen-bond acceptors (Lipinski definition) is 2. The molecule has 4 nitrogen and oxygen atoms in total. The number of halogens is 2. The first-order chi connectivity index (χ1) is 8.96. The van der Waals surface area contributed by atoms with Crippen molar-refractivity contribution in [1.29, 1.82) is 0 Å². The summed E-state index contributed by atoms with van der Waals surface area (Å²) in [6.45, 7) is 3.59. The minimum atomic E-state index is -0.671. The van der Waals surface area contributed by atoms with Crippen LogP contribution in [-0.4, -0.2) is 23.3 Å².